The lowest BCUT2D eigenvalue weighted by Gasteiger charge is -2.19. The van der Waals surface area contributed by atoms with Gasteiger partial charge in [0.15, 0.2) is 5.43 Å². The number of halogens is 2. The van der Waals surface area contributed by atoms with Crippen molar-refractivity contribution in [2.45, 2.75) is 25.3 Å². The van der Waals surface area contributed by atoms with Gasteiger partial charge in [-0.15, -0.1) is 24.8 Å². The second-order valence-corrected chi connectivity index (χ2v) is 3.30. The molecule has 0 bridgehead atoms. The van der Waals surface area contributed by atoms with E-state index in [0.29, 0.717) is 0 Å². The minimum absolute atomic E-state index is 0. The van der Waals surface area contributed by atoms with Crippen LogP contribution in [0.5, 0.6) is 0 Å². The van der Waals surface area contributed by atoms with Crippen LogP contribution in [0, 0.1) is 0 Å². The van der Waals surface area contributed by atoms with Gasteiger partial charge in [-0.05, 0) is 19.3 Å². The molecule has 3 nitrogen and oxygen atoms in total. The first-order valence-electron chi connectivity index (χ1n) is 4.22. The van der Waals surface area contributed by atoms with Gasteiger partial charge in [0.05, 0.1) is 0 Å². The van der Waals surface area contributed by atoms with Crippen molar-refractivity contribution in [3.8, 4) is 0 Å². The van der Waals surface area contributed by atoms with E-state index in [2.05, 4.69) is 4.98 Å². The zero-order valence-electron chi connectivity index (χ0n) is 7.66. The maximum atomic E-state index is 11.3. The molecule has 0 saturated heterocycles. The summed E-state index contributed by atoms with van der Waals surface area (Å²) in [6.45, 7) is 0. The van der Waals surface area contributed by atoms with E-state index in [0.717, 1.165) is 30.5 Å². The number of aromatic amines is 1. The number of pyridine rings is 1. The topological polar surface area (TPSA) is 58.9 Å². The van der Waals surface area contributed by atoms with Crippen molar-refractivity contribution in [2.75, 3.05) is 0 Å². The van der Waals surface area contributed by atoms with Crippen molar-refractivity contribution >= 4 is 24.8 Å². The quantitative estimate of drug-likeness (QED) is 0.708. The second kappa shape index (κ2) is 5.39. The fraction of sp³-hybridized carbons (Fsp3) is 0.444. The molecule has 1 atom stereocenters. The lowest BCUT2D eigenvalue weighted by molar-refractivity contribution is 0.564. The second-order valence-electron chi connectivity index (χ2n) is 3.30. The average Bonchev–Trinajstić information content (AvgIpc) is 2.07. The molecule has 1 aromatic rings. The summed E-state index contributed by atoms with van der Waals surface area (Å²) in [6.07, 6.45) is 4.32. The van der Waals surface area contributed by atoms with Gasteiger partial charge in [0.25, 0.3) is 0 Å². The molecule has 1 aromatic heterocycles. The summed E-state index contributed by atoms with van der Waals surface area (Å²) < 4.78 is 0. The van der Waals surface area contributed by atoms with Crippen molar-refractivity contribution in [3.05, 3.63) is 33.7 Å². The first-order valence-corrected chi connectivity index (χ1v) is 4.22. The summed E-state index contributed by atoms with van der Waals surface area (Å²) in [5, 5.41) is 0. The molecule has 0 amide bonds. The Morgan fingerprint density at radius 2 is 2.14 bits per heavy atom. The summed E-state index contributed by atoms with van der Waals surface area (Å²) >= 11 is 0. The Kier molecular flexibility index (Phi) is 5.19. The fourth-order valence-electron chi connectivity index (χ4n) is 1.70. The van der Waals surface area contributed by atoms with Crippen molar-refractivity contribution in [1.82, 2.24) is 4.98 Å². The summed E-state index contributed by atoms with van der Waals surface area (Å²) in [7, 11) is 0. The highest BCUT2D eigenvalue weighted by Gasteiger charge is 2.17. The van der Waals surface area contributed by atoms with Gasteiger partial charge in [0.2, 0.25) is 0 Å². The van der Waals surface area contributed by atoms with Gasteiger partial charge >= 0.3 is 0 Å². The van der Waals surface area contributed by atoms with Crippen LogP contribution < -0.4 is 11.2 Å². The number of aryl methyl sites for hydroxylation is 1. The molecule has 0 spiro atoms. The molecule has 0 radical (unpaired) electrons. The summed E-state index contributed by atoms with van der Waals surface area (Å²) in [4.78, 5) is 14.4. The minimum atomic E-state index is 0. The van der Waals surface area contributed by atoms with E-state index >= 15 is 0 Å². The van der Waals surface area contributed by atoms with Gasteiger partial charge in [-0.2, -0.15) is 0 Å². The van der Waals surface area contributed by atoms with Crippen LogP contribution >= 0.6 is 24.8 Å². The number of H-pyrrole nitrogens is 1. The zero-order chi connectivity index (χ0) is 8.55. The van der Waals surface area contributed by atoms with Crippen molar-refractivity contribution in [1.29, 1.82) is 0 Å². The first kappa shape index (κ1) is 13.5. The van der Waals surface area contributed by atoms with E-state index < -0.39 is 0 Å². The van der Waals surface area contributed by atoms with Crippen LogP contribution in [0.15, 0.2) is 17.1 Å². The molecule has 0 fully saturated rings. The van der Waals surface area contributed by atoms with Crippen LogP contribution in [0.2, 0.25) is 0 Å². The molecule has 5 heteroatoms. The summed E-state index contributed by atoms with van der Waals surface area (Å²) in [5.41, 5.74) is 7.85. The van der Waals surface area contributed by atoms with Gasteiger partial charge < -0.3 is 10.7 Å². The zero-order valence-corrected chi connectivity index (χ0v) is 9.29. The molecular weight excluding hydrogens is 223 g/mol. The Bertz CT molecular complexity index is 351. The third kappa shape index (κ3) is 2.50. The number of aromatic nitrogens is 1. The van der Waals surface area contributed by atoms with Gasteiger partial charge in [0.1, 0.15) is 0 Å². The van der Waals surface area contributed by atoms with Gasteiger partial charge in [0, 0.05) is 29.6 Å². The maximum absolute atomic E-state index is 11.3. The van der Waals surface area contributed by atoms with Crippen molar-refractivity contribution in [2.24, 2.45) is 5.73 Å². The highest BCUT2D eigenvalue weighted by Crippen LogP contribution is 2.14. The highest BCUT2D eigenvalue weighted by atomic mass is 35.5. The Balaban J connectivity index is 0.000000845. The smallest absolute Gasteiger partial charge is 0.185 e. The monoisotopic (exact) mass is 236 g/mol. The Morgan fingerprint density at radius 1 is 1.43 bits per heavy atom. The van der Waals surface area contributed by atoms with Crippen molar-refractivity contribution in [3.63, 3.8) is 0 Å². The SMILES string of the molecule is Cl.Cl.NC1CCc2[nH]ccc(=O)c2C1. The van der Waals surface area contributed by atoms with Crippen LogP contribution in [0.4, 0.5) is 0 Å². The van der Waals surface area contributed by atoms with E-state index in [9.17, 15) is 4.79 Å². The molecule has 14 heavy (non-hydrogen) atoms. The fourth-order valence-corrected chi connectivity index (χ4v) is 1.70. The van der Waals surface area contributed by atoms with Crippen LogP contribution in [0.25, 0.3) is 0 Å². The third-order valence-corrected chi connectivity index (χ3v) is 2.39. The van der Waals surface area contributed by atoms with Crippen LogP contribution in [0.1, 0.15) is 17.7 Å². The Labute approximate surface area is 94.9 Å². The molecule has 0 saturated carbocycles. The number of rotatable bonds is 0. The lowest BCUT2D eigenvalue weighted by Crippen LogP contribution is -2.32. The highest BCUT2D eigenvalue weighted by molar-refractivity contribution is 5.85. The van der Waals surface area contributed by atoms with Crippen LogP contribution in [-0.2, 0) is 12.8 Å². The average molecular weight is 237 g/mol. The van der Waals surface area contributed by atoms with Gasteiger partial charge in [-0.1, -0.05) is 0 Å². The van der Waals surface area contributed by atoms with Crippen LogP contribution in [-0.4, -0.2) is 11.0 Å². The van der Waals surface area contributed by atoms with E-state index in [1.807, 2.05) is 0 Å². The third-order valence-electron chi connectivity index (χ3n) is 2.39. The van der Waals surface area contributed by atoms with E-state index in [-0.39, 0.29) is 36.3 Å². The largest absolute Gasteiger partial charge is 0.365 e. The Morgan fingerprint density at radius 3 is 2.86 bits per heavy atom. The van der Waals surface area contributed by atoms with Gasteiger partial charge in [-0.3, -0.25) is 4.79 Å². The first-order chi connectivity index (χ1) is 5.77. The predicted octanol–water partition coefficient (Wildman–Crippen LogP) is 1.03. The summed E-state index contributed by atoms with van der Waals surface area (Å²) in [5.74, 6) is 0. The number of nitrogens with two attached hydrogens (primary N) is 1. The van der Waals surface area contributed by atoms with Crippen LogP contribution in [0.3, 0.4) is 0 Å². The molecule has 1 aliphatic rings. The number of hydrogen-bond acceptors (Lipinski definition) is 2. The predicted molar refractivity (Wildman–Crippen MR) is 61.6 cm³/mol. The normalized spacial score (nSPS) is 18.8. The molecule has 3 N–H and O–H groups in total. The molecule has 80 valence electrons. The molecule has 1 unspecified atom stereocenters. The van der Waals surface area contributed by atoms with E-state index in [1.54, 1.807) is 12.3 Å². The lowest BCUT2D eigenvalue weighted by atomic mass is 9.92. The molecule has 0 aromatic carbocycles. The maximum Gasteiger partial charge on any atom is 0.185 e. The Hall–Kier alpha value is -0.510. The number of fused-ring (bicyclic) bond motifs is 1. The van der Waals surface area contributed by atoms with E-state index in [1.165, 1.54) is 0 Å². The van der Waals surface area contributed by atoms with Gasteiger partial charge in [-0.25, -0.2) is 0 Å². The molecule has 1 aliphatic carbocycles. The number of hydrogen-bond donors (Lipinski definition) is 2. The molecule has 1 heterocycles. The molecule has 0 aliphatic heterocycles. The number of nitrogens with one attached hydrogen (secondary N) is 1. The van der Waals surface area contributed by atoms with Crippen molar-refractivity contribution < 1.29 is 0 Å². The molecular formula is C9H14Cl2N2O. The summed E-state index contributed by atoms with van der Waals surface area (Å²) in [6, 6.07) is 1.73. The minimum Gasteiger partial charge on any atom is -0.365 e. The molecule has 2 rings (SSSR count). The van der Waals surface area contributed by atoms with E-state index in [4.69, 9.17) is 5.73 Å². The standard InChI is InChI=1S/C9H12N2O.2ClH/c10-6-1-2-8-7(5-6)9(12)3-4-11-8;;/h3-4,6H,1-2,5,10H2,(H,11,12);2*1H.